The number of aromatic nitrogens is 2. The molecule has 182 valence electrons. The Morgan fingerprint density at radius 1 is 1.06 bits per heavy atom. The van der Waals surface area contributed by atoms with Crippen molar-refractivity contribution in [3.05, 3.63) is 92.9 Å². The fourth-order valence-electron chi connectivity index (χ4n) is 4.06. The highest BCUT2D eigenvalue weighted by molar-refractivity contribution is 6.08. The number of aromatic amines is 2. The van der Waals surface area contributed by atoms with Gasteiger partial charge in [-0.25, -0.2) is 9.18 Å². The van der Waals surface area contributed by atoms with E-state index in [1.165, 1.54) is 24.3 Å². The molecule has 4 rings (SSSR count). The molecule has 3 N–H and O–H groups in total. The molecule has 0 aliphatic carbocycles. The third kappa shape index (κ3) is 5.40. The minimum atomic E-state index is -4.50. The third-order valence-corrected chi connectivity index (χ3v) is 5.93. The van der Waals surface area contributed by atoms with Crippen LogP contribution in [0.5, 0.6) is 0 Å². The van der Waals surface area contributed by atoms with E-state index in [2.05, 4.69) is 9.97 Å². The number of nitrogens with one attached hydrogen (secondary N) is 2. The van der Waals surface area contributed by atoms with E-state index in [-0.39, 0.29) is 48.6 Å². The first kappa shape index (κ1) is 25.7. The number of halogens is 5. The highest BCUT2D eigenvalue weighted by Crippen LogP contribution is 2.37. The fraction of sp³-hybridized carbons (Fsp3) is 0.304. The summed E-state index contributed by atoms with van der Waals surface area (Å²) in [6.07, 6.45) is -4.13. The van der Waals surface area contributed by atoms with Crippen molar-refractivity contribution in [2.75, 3.05) is 13.1 Å². The summed E-state index contributed by atoms with van der Waals surface area (Å²) >= 11 is 0. The molecule has 1 aromatic heterocycles. The van der Waals surface area contributed by atoms with E-state index in [1.807, 2.05) is 4.90 Å². The Kier molecular flexibility index (Phi) is 7.35. The number of ketones is 1. The van der Waals surface area contributed by atoms with Crippen LogP contribution in [0, 0.1) is 5.82 Å². The summed E-state index contributed by atoms with van der Waals surface area (Å²) < 4.78 is 52.3. The molecule has 0 radical (unpaired) electrons. The average Bonchev–Trinajstić information content (AvgIpc) is 3.15. The van der Waals surface area contributed by atoms with Gasteiger partial charge in [0.15, 0.2) is 0 Å². The molecule has 1 fully saturated rings. The molecule has 6 nitrogen and oxygen atoms in total. The molecule has 1 saturated heterocycles. The van der Waals surface area contributed by atoms with Crippen LogP contribution in [-0.4, -0.2) is 38.8 Å². The molecule has 0 bridgehead atoms. The lowest BCUT2D eigenvalue weighted by molar-refractivity contribution is -0.137. The largest absolute Gasteiger partial charge is 0.416 e. The van der Waals surface area contributed by atoms with E-state index in [0.717, 1.165) is 24.3 Å². The Hall–Kier alpha value is -2.95. The van der Waals surface area contributed by atoms with E-state index >= 15 is 0 Å². The molecule has 2 aromatic carbocycles. The van der Waals surface area contributed by atoms with Crippen LogP contribution >= 0.6 is 12.4 Å². The first-order valence-corrected chi connectivity index (χ1v) is 10.3. The molecule has 3 aromatic rings. The number of piperidine rings is 1. The Bertz CT molecular complexity index is 1210. The van der Waals surface area contributed by atoms with Gasteiger partial charge in [0.25, 0.3) is 0 Å². The molecule has 34 heavy (non-hydrogen) atoms. The summed E-state index contributed by atoms with van der Waals surface area (Å²) in [4.78, 5) is 31.6. The van der Waals surface area contributed by atoms with E-state index in [1.54, 1.807) is 0 Å². The van der Waals surface area contributed by atoms with Gasteiger partial charge < -0.3 is 15.1 Å². The van der Waals surface area contributed by atoms with E-state index in [4.69, 9.17) is 0 Å². The fourth-order valence-corrected chi connectivity index (χ4v) is 4.06. The molecular weight excluding hydrogens is 478 g/mol. The number of hydrogen-bond donors (Lipinski definition) is 3. The number of hydrogen-bond acceptors (Lipinski definition) is 4. The van der Waals surface area contributed by atoms with E-state index in [9.17, 15) is 32.3 Å². The second-order valence-corrected chi connectivity index (χ2v) is 8.15. The lowest BCUT2D eigenvalue weighted by atomic mass is 9.83. The molecule has 0 saturated carbocycles. The van der Waals surface area contributed by atoms with Gasteiger partial charge in [-0.3, -0.25) is 9.69 Å². The van der Waals surface area contributed by atoms with Crippen molar-refractivity contribution >= 4 is 18.2 Å². The summed E-state index contributed by atoms with van der Waals surface area (Å²) in [5, 5.41) is 11.0. The van der Waals surface area contributed by atoms with Gasteiger partial charge in [-0.2, -0.15) is 13.2 Å². The summed E-state index contributed by atoms with van der Waals surface area (Å²) in [7, 11) is 0. The summed E-state index contributed by atoms with van der Waals surface area (Å²) in [5.41, 5.74) is -1.96. The molecular formula is C23H22ClF4N3O3. The predicted octanol–water partition coefficient (Wildman–Crippen LogP) is 4.00. The maximum atomic E-state index is 13.2. The average molecular weight is 500 g/mol. The summed E-state index contributed by atoms with van der Waals surface area (Å²) in [6, 6.07) is 9.64. The van der Waals surface area contributed by atoms with Crippen molar-refractivity contribution in [1.29, 1.82) is 0 Å². The number of carbonyl (C=O) groups is 1. The molecule has 1 aliphatic heterocycles. The number of aliphatic hydroxyl groups is 1. The smallest absolute Gasteiger partial charge is 0.385 e. The molecule has 0 unspecified atom stereocenters. The number of H-pyrrole nitrogens is 2. The Morgan fingerprint density at radius 3 is 2.32 bits per heavy atom. The standard InChI is InChI=1S/C23H21F4N3O3.ClH/c24-17-6-4-14(5-7-17)20(31)19-18(28-21(32)29-19)13-30-10-8-22(33,9-11-30)15-2-1-3-16(12-15)23(25,26)27;/h1-7,12,33H,8-11,13H2,(H2,28,29,32);1H. The summed E-state index contributed by atoms with van der Waals surface area (Å²) in [6.45, 7) is 0.869. The second kappa shape index (κ2) is 9.73. The topological polar surface area (TPSA) is 89.2 Å². The highest BCUT2D eigenvalue weighted by Gasteiger charge is 2.37. The number of likely N-dealkylation sites (tertiary alicyclic amines) is 1. The summed E-state index contributed by atoms with van der Waals surface area (Å²) in [5.74, 6) is -0.961. The van der Waals surface area contributed by atoms with Gasteiger partial charge in [0.2, 0.25) is 5.78 Å². The molecule has 1 aliphatic rings. The zero-order valence-corrected chi connectivity index (χ0v) is 18.6. The van der Waals surface area contributed by atoms with Crippen molar-refractivity contribution in [2.24, 2.45) is 0 Å². The van der Waals surface area contributed by atoms with Gasteiger partial charge in [-0.1, -0.05) is 12.1 Å². The molecule has 2 heterocycles. The van der Waals surface area contributed by atoms with Crippen LogP contribution in [-0.2, 0) is 18.3 Å². The Labute approximate surface area is 198 Å². The van der Waals surface area contributed by atoms with Gasteiger partial charge in [0.05, 0.1) is 16.9 Å². The SMILES string of the molecule is Cl.O=C(c1ccc(F)cc1)c1[nH]c(=O)[nH]c1CN1CCC(O)(c2cccc(C(F)(F)F)c2)CC1. The van der Waals surface area contributed by atoms with E-state index in [0.29, 0.717) is 18.8 Å². The molecule has 0 spiro atoms. The van der Waals surface area contributed by atoms with Gasteiger partial charge in [-0.15, -0.1) is 12.4 Å². The lowest BCUT2D eigenvalue weighted by Gasteiger charge is -2.38. The first-order chi connectivity index (χ1) is 15.5. The maximum Gasteiger partial charge on any atom is 0.416 e. The van der Waals surface area contributed by atoms with Crippen molar-refractivity contribution in [2.45, 2.75) is 31.2 Å². The zero-order chi connectivity index (χ0) is 23.8. The molecule has 0 atom stereocenters. The first-order valence-electron chi connectivity index (χ1n) is 10.3. The van der Waals surface area contributed by atoms with Crippen LogP contribution in [0.25, 0.3) is 0 Å². The van der Waals surface area contributed by atoms with E-state index < -0.39 is 34.6 Å². The minimum absolute atomic E-state index is 0. The van der Waals surface area contributed by atoms with Gasteiger partial charge in [0.1, 0.15) is 11.5 Å². The van der Waals surface area contributed by atoms with Crippen LogP contribution in [0.4, 0.5) is 17.6 Å². The van der Waals surface area contributed by atoms with Crippen LogP contribution in [0.2, 0.25) is 0 Å². The molecule has 11 heteroatoms. The van der Waals surface area contributed by atoms with Crippen molar-refractivity contribution in [1.82, 2.24) is 14.9 Å². The van der Waals surface area contributed by atoms with Crippen LogP contribution in [0.3, 0.4) is 0 Å². The normalized spacial score (nSPS) is 16.1. The number of carbonyl (C=O) groups excluding carboxylic acids is 1. The molecule has 0 amide bonds. The predicted molar refractivity (Wildman–Crippen MR) is 118 cm³/mol. The monoisotopic (exact) mass is 499 g/mol. The Morgan fingerprint density at radius 2 is 1.71 bits per heavy atom. The van der Waals surface area contributed by atoms with Gasteiger partial charge >= 0.3 is 11.9 Å². The lowest BCUT2D eigenvalue weighted by Crippen LogP contribution is -2.42. The quantitative estimate of drug-likeness (QED) is 0.366. The third-order valence-electron chi connectivity index (χ3n) is 5.93. The number of benzene rings is 2. The highest BCUT2D eigenvalue weighted by atomic mass is 35.5. The van der Waals surface area contributed by atoms with Crippen LogP contribution in [0.15, 0.2) is 53.3 Å². The van der Waals surface area contributed by atoms with Gasteiger partial charge in [-0.05, 0) is 54.8 Å². The van der Waals surface area contributed by atoms with Crippen LogP contribution in [0.1, 0.15) is 45.7 Å². The minimum Gasteiger partial charge on any atom is -0.385 e. The van der Waals surface area contributed by atoms with Crippen molar-refractivity contribution in [3.63, 3.8) is 0 Å². The number of rotatable bonds is 5. The number of imidazole rings is 1. The number of nitrogens with zero attached hydrogens (tertiary/aromatic N) is 1. The zero-order valence-electron chi connectivity index (χ0n) is 17.8. The maximum absolute atomic E-state index is 13.2. The van der Waals surface area contributed by atoms with Gasteiger partial charge in [0, 0.05) is 25.2 Å². The van der Waals surface area contributed by atoms with Crippen LogP contribution < -0.4 is 5.69 Å². The second-order valence-electron chi connectivity index (χ2n) is 8.15. The van der Waals surface area contributed by atoms with Crippen molar-refractivity contribution in [3.8, 4) is 0 Å². The van der Waals surface area contributed by atoms with Crippen molar-refractivity contribution < 1.29 is 27.5 Å². The Balaban J connectivity index is 0.00000324. The number of alkyl halides is 3.